The number of nitrogens with zero attached hydrogens (tertiary/aromatic N) is 1. The Morgan fingerprint density at radius 3 is 2.85 bits per heavy atom. The van der Waals surface area contributed by atoms with Gasteiger partial charge in [-0.25, -0.2) is 4.79 Å². The van der Waals surface area contributed by atoms with Crippen molar-refractivity contribution in [2.45, 2.75) is 13.3 Å². The summed E-state index contributed by atoms with van der Waals surface area (Å²) in [5, 5.41) is 7.26. The Hall–Kier alpha value is -2.01. The number of rotatable bonds is 5. The van der Waals surface area contributed by atoms with Gasteiger partial charge in [0.05, 0.1) is 12.3 Å². The first-order chi connectivity index (χ1) is 9.69. The number of amides is 1. The van der Waals surface area contributed by atoms with Gasteiger partial charge in [0, 0.05) is 29.6 Å². The maximum atomic E-state index is 11.1. The Balaban J connectivity index is 1.89. The fourth-order valence-corrected chi connectivity index (χ4v) is 1.78. The molecule has 0 bridgehead atoms. The van der Waals surface area contributed by atoms with Crippen molar-refractivity contribution in [3.63, 3.8) is 0 Å². The zero-order valence-electron chi connectivity index (χ0n) is 11.1. The Morgan fingerprint density at radius 1 is 1.40 bits per heavy atom. The van der Waals surface area contributed by atoms with Crippen molar-refractivity contribution >= 4 is 17.7 Å². The SMILES string of the molecule is CCOC(=O)NCCc1cc(-c2ccc(Cl)cc2)on1. The molecule has 6 heteroatoms. The molecule has 0 fully saturated rings. The number of benzene rings is 1. The molecule has 0 atom stereocenters. The standard InChI is InChI=1S/C14H15ClN2O3/c1-2-19-14(18)16-8-7-12-9-13(20-17-12)10-3-5-11(15)6-4-10/h3-6,9H,2,7-8H2,1H3,(H,16,18). The minimum absolute atomic E-state index is 0.358. The zero-order valence-corrected chi connectivity index (χ0v) is 11.8. The van der Waals surface area contributed by atoms with Crippen LogP contribution in [0.5, 0.6) is 0 Å². The van der Waals surface area contributed by atoms with Crippen molar-refractivity contribution in [2.75, 3.05) is 13.2 Å². The second-order valence-corrected chi connectivity index (χ2v) is 4.52. The molecule has 0 aliphatic carbocycles. The molecule has 0 unspecified atom stereocenters. The minimum Gasteiger partial charge on any atom is -0.450 e. The molecular formula is C14H15ClN2O3. The predicted molar refractivity (Wildman–Crippen MR) is 75.7 cm³/mol. The molecule has 0 saturated carbocycles. The molecule has 2 aromatic rings. The molecule has 1 amide bonds. The highest BCUT2D eigenvalue weighted by molar-refractivity contribution is 6.30. The maximum absolute atomic E-state index is 11.1. The molecule has 1 aromatic heterocycles. The van der Waals surface area contributed by atoms with Gasteiger partial charge >= 0.3 is 6.09 Å². The first kappa shape index (κ1) is 14.4. The quantitative estimate of drug-likeness (QED) is 0.919. The third-order valence-corrected chi connectivity index (χ3v) is 2.87. The summed E-state index contributed by atoms with van der Waals surface area (Å²) in [6.45, 7) is 2.57. The van der Waals surface area contributed by atoms with E-state index in [1.165, 1.54) is 0 Å². The Morgan fingerprint density at radius 2 is 2.15 bits per heavy atom. The van der Waals surface area contributed by atoms with Gasteiger partial charge in [0.2, 0.25) is 0 Å². The number of nitrogens with one attached hydrogen (secondary N) is 1. The third-order valence-electron chi connectivity index (χ3n) is 2.61. The number of aromatic nitrogens is 1. The normalized spacial score (nSPS) is 10.3. The maximum Gasteiger partial charge on any atom is 0.407 e. The summed E-state index contributed by atoms with van der Waals surface area (Å²) in [5.41, 5.74) is 1.68. The van der Waals surface area contributed by atoms with Crippen LogP contribution >= 0.6 is 11.6 Å². The second-order valence-electron chi connectivity index (χ2n) is 4.09. The van der Waals surface area contributed by atoms with Gasteiger partial charge in [0.15, 0.2) is 5.76 Å². The molecule has 0 radical (unpaired) electrons. The van der Waals surface area contributed by atoms with Gasteiger partial charge in [-0.15, -0.1) is 0 Å². The smallest absolute Gasteiger partial charge is 0.407 e. The molecule has 0 saturated heterocycles. The summed E-state index contributed by atoms with van der Waals surface area (Å²) in [6.07, 6.45) is 0.157. The van der Waals surface area contributed by atoms with Crippen LogP contribution in [0.25, 0.3) is 11.3 Å². The van der Waals surface area contributed by atoms with E-state index in [1.54, 1.807) is 19.1 Å². The average molecular weight is 295 g/mol. The van der Waals surface area contributed by atoms with E-state index in [1.807, 2.05) is 18.2 Å². The van der Waals surface area contributed by atoms with Crippen LogP contribution < -0.4 is 5.32 Å². The van der Waals surface area contributed by atoms with Crippen molar-refractivity contribution in [1.82, 2.24) is 10.5 Å². The first-order valence-electron chi connectivity index (χ1n) is 6.31. The average Bonchev–Trinajstić information content (AvgIpc) is 2.89. The largest absolute Gasteiger partial charge is 0.450 e. The summed E-state index contributed by atoms with van der Waals surface area (Å²) in [7, 11) is 0. The van der Waals surface area contributed by atoms with E-state index in [2.05, 4.69) is 10.5 Å². The molecule has 20 heavy (non-hydrogen) atoms. The molecule has 1 aromatic carbocycles. The van der Waals surface area contributed by atoms with Gasteiger partial charge in [0.25, 0.3) is 0 Å². The highest BCUT2D eigenvalue weighted by Crippen LogP contribution is 2.22. The van der Waals surface area contributed by atoms with Gasteiger partial charge < -0.3 is 14.6 Å². The summed E-state index contributed by atoms with van der Waals surface area (Å²) >= 11 is 5.83. The molecule has 0 aliphatic rings. The fourth-order valence-electron chi connectivity index (χ4n) is 1.65. The second kappa shape index (κ2) is 6.96. The highest BCUT2D eigenvalue weighted by Gasteiger charge is 2.07. The van der Waals surface area contributed by atoms with Crippen LogP contribution in [0.2, 0.25) is 5.02 Å². The van der Waals surface area contributed by atoms with Crippen LogP contribution in [0.15, 0.2) is 34.9 Å². The van der Waals surface area contributed by atoms with E-state index in [0.717, 1.165) is 11.3 Å². The predicted octanol–water partition coefficient (Wildman–Crippen LogP) is 3.28. The molecule has 1 N–H and O–H groups in total. The van der Waals surface area contributed by atoms with Gasteiger partial charge in [-0.1, -0.05) is 16.8 Å². The van der Waals surface area contributed by atoms with Crippen LogP contribution in [0, 0.1) is 0 Å². The van der Waals surface area contributed by atoms with Crippen LogP contribution in [0.1, 0.15) is 12.6 Å². The van der Waals surface area contributed by atoms with Crippen LogP contribution in [0.3, 0.4) is 0 Å². The van der Waals surface area contributed by atoms with Crippen LogP contribution in [-0.2, 0) is 11.2 Å². The molecule has 0 aliphatic heterocycles. The fraction of sp³-hybridized carbons (Fsp3) is 0.286. The molecule has 2 rings (SSSR count). The van der Waals surface area contributed by atoms with Gasteiger partial charge in [-0.05, 0) is 31.2 Å². The third kappa shape index (κ3) is 3.99. The number of hydrogen-bond acceptors (Lipinski definition) is 4. The number of carbonyl (C=O) groups excluding carboxylic acids is 1. The number of carbonyl (C=O) groups is 1. The van der Waals surface area contributed by atoms with E-state index < -0.39 is 6.09 Å². The monoisotopic (exact) mass is 294 g/mol. The zero-order chi connectivity index (χ0) is 14.4. The van der Waals surface area contributed by atoms with Gasteiger partial charge in [-0.2, -0.15) is 0 Å². The first-order valence-corrected chi connectivity index (χ1v) is 6.69. The summed E-state index contributed by atoms with van der Waals surface area (Å²) in [4.78, 5) is 11.1. The van der Waals surface area contributed by atoms with E-state index in [9.17, 15) is 4.79 Å². The summed E-state index contributed by atoms with van der Waals surface area (Å²) in [6, 6.07) is 9.16. The van der Waals surface area contributed by atoms with Crippen molar-refractivity contribution in [2.24, 2.45) is 0 Å². The Bertz CT molecular complexity index is 566. The lowest BCUT2D eigenvalue weighted by Gasteiger charge is -2.02. The van der Waals surface area contributed by atoms with E-state index in [-0.39, 0.29) is 0 Å². The summed E-state index contributed by atoms with van der Waals surface area (Å²) in [5.74, 6) is 0.674. The molecule has 5 nitrogen and oxygen atoms in total. The summed E-state index contributed by atoms with van der Waals surface area (Å²) < 4.78 is 10.0. The van der Waals surface area contributed by atoms with E-state index in [4.69, 9.17) is 20.9 Å². The molecule has 1 heterocycles. The lowest BCUT2D eigenvalue weighted by molar-refractivity contribution is 0.152. The van der Waals surface area contributed by atoms with Crippen LogP contribution in [0.4, 0.5) is 4.79 Å². The minimum atomic E-state index is -0.422. The Labute approximate surface area is 121 Å². The van der Waals surface area contributed by atoms with Crippen molar-refractivity contribution in [3.8, 4) is 11.3 Å². The van der Waals surface area contributed by atoms with Crippen molar-refractivity contribution in [1.29, 1.82) is 0 Å². The van der Waals surface area contributed by atoms with E-state index >= 15 is 0 Å². The lowest BCUT2D eigenvalue weighted by Crippen LogP contribution is -2.26. The number of halogens is 1. The Kier molecular flexibility index (Phi) is 5.01. The highest BCUT2D eigenvalue weighted by atomic mass is 35.5. The molecular weight excluding hydrogens is 280 g/mol. The molecule has 106 valence electrons. The van der Waals surface area contributed by atoms with Crippen molar-refractivity contribution < 1.29 is 14.1 Å². The number of ether oxygens (including phenoxy) is 1. The topological polar surface area (TPSA) is 64.4 Å². The lowest BCUT2D eigenvalue weighted by atomic mass is 10.1. The van der Waals surface area contributed by atoms with Crippen LogP contribution in [-0.4, -0.2) is 24.4 Å². The number of hydrogen-bond donors (Lipinski definition) is 1. The molecule has 0 spiro atoms. The van der Waals surface area contributed by atoms with E-state index in [0.29, 0.717) is 30.4 Å². The number of alkyl carbamates (subject to hydrolysis) is 1. The van der Waals surface area contributed by atoms with Crippen molar-refractivity contribution in [3.05, 3.63) is 41.0 Å². The van der Waals surface area contributed by atoms with Gasteiger partial charge in [0.1, 0.15) is 0 Å². The van der Waals surface area contributed by atoms with Gasteiger partial charge in [-0.3, -0.25) is 0 Å².